The largest absolute Gasteiger partial charge is 0.479 e. The first-order valence-corrected chi connectivity index (χ1v) is 8.32. The molecule has 0 spiro atoms. The predicted molar refractivity (Wildman–Crippen MR) is 83.9 cm³/mol. The van der Waals surface area contributed by atoms with E-state index in [0.717, 1.165) is 0 Å². The Morgan fingerprint density at radius 2 is 1.65 bits per heavy atom. The maximum Gasteiger partial charge on any atom is 0.220 e. The first-order valence-electron chi connectivity index (χ1n) is 7.04. The summed E-state index contributed by atoms with van der Waals surface area (Å²) in [5.41, 5.74) is 0. The lowest BCUT2D eigenvalue weighted by atomic mass is 10.1. The molecule has 0 aliphatic heterocycles. The van der Waals surface area contributed by atoms with E-state index in [-0.39, 0.29) is 0 Å². The standard InChI is InChI=1S/C14H28OS2/c1-4-6-7-8-9-10-11-12-13(3)17-14(16)15-5-2/h13H,4-12H2,1-3H3. The smallest absolute Gasteiger partial charge is 0.220 e. The summed E-state index contributed by atoms with van der Waals surface area (Å²) in [6.07, 6.45) is 10.9. The van der Waals surface area contributed by atoms with Gasteiger partial charge in [0.05, 0.1) is 6.61 Å². The molecule has 0 saturated heterocycles. The zero-order chi connectivity index (χ0) is 12.9. The van der Waals surface area contributed by atoms with E-state index in [1.165, 1.54) is 51.4 Å². The molecular weight excluding hydrogens is 248 g/mol. The molecule has 0 amide bonds. The first-order chi connectivity index (χ1) is 8.20. The summed E-state index contributed by atoms with van der Waals surface area (Å²) in [6.45, 7) is 7.18. The zero-order valence-electron chi connectivity index (χ0n) is 11.7. The van der Waals surface area contributed by atoms with Crippen LogP contribution >= 0.6 is 24.0 Å². The van der Waals surface area contributed by atoms with Crippen LogP contribution in [-0.4, -0.2) is 16.2 Å². The maximum atomic E-state index is 5.28. The van der Waals surface area contributed by atoms with Crippen molar-refractivity contribution in [1.82, 2.24) is 0 Å². The van der Waals surface area contributed by atoms with Crippen molar-refractivity contribution >= 4 is 28.4 Å². The molecule has 0 radical (unpaired) electrons. The van der Waals surface area contributed by atoms with Crippen molar-refractivity contribution in [2.24, 2.45) is 0 Å². The van der Waals surface area contributed by atoms with E-state index >= 15 is 0 Å². The molecule has 102 valence electrons. The summed E-state index contributed by atoms with van der Waals surface area (Å²) in [4.78, 5) is 0. The first kappa shape index (κ1) is 17.2. The molecule has 0 aliphatic rings. The van der Waals surface area contributed by atoms with Gasteiger partial charge >= 0.3 is 0 Å². The van der Waals surface area contributed by atoms with E-state index < -0.39 is 0 Å². The summed E-state index contributed by atoms with van der Waals surface area (Å²) >= 11 is 6.82. The van der Waals surface area contributed by atoms with E-state index in [1.807, 2.05) is 6.92 Å². The van der Waals surface area contributed by atoms with E-state index in [0.29, 0.717) is 16.2 Å². The van der Waals surface area contributed by atoms with Gasteiger partial charge in [0, 0.05) is 5.25 Å². The number of hydrogen-bond acceptors (Lipinski definition) is 3. The van der Waals surface area contributed by atoms with E-state index in [4.69, 9.17) is 17.0 Å². The summed E-state index contributed by atoms with van der Waals surface area (Å²) in [7, 11) is 0. The lowest BCUT2D eigenvalue weighted by molar-refractivity contribution is 0.346. The molecule has 0 aromatic rings. The van der Waals surface area contributed by atoms with Crippen LogP contribution in [0.2, 0.25) is 0 Å². The highest BCUT2D eigenvalue weighted by atomic mass is 32.2. The lowest BCUT2D eigenvalue weighted by Gasteiger charge is -2.11. The van der Waals surface area contributed by atoms with Crippen molar-refractivity contribution in [2.75, 3.05) is 6.61 Å². The molecule has 0 saturated carbocycles. The summed E-state index contributed by atoms with van der Waals surface area (Å²) in [6, 6.07) is 0. The fourth-order valence-electron chi connectivity index (χ4n) is 1.76. The van der Waals surface area contributed by atoms with Crippen LogP contribution in [-0.2, 0) is 4.74 Å². The highest BCUT2D eigenvalue weighted by molar-refractivity contribution is 8.23. The molecule has 1 atom stereocenters. The zero-order valence-corrected chi connectivity index (χ0v) is 13.3. The van der Waals surface area contributed by atoms with Crippen molar-refractivity contribution in [3.8, 4) is 0 Å². The molecule has 0 fully saturated rings. The quantitative estimate of drug-likeness (QED) is 0.381. The highest BCUT2D eigenvalue weighted by Gasteiger charge is 2.06. The second-order valence-electron chi connectivity index (χ2n) is 4.52. The molecule has 0 aromatic heterocycles. The van der Waals surface area contributed by atoms with E-state index in [9.17, 15) is 0 Å². The van der Waals surface area contributed by atoms with Gasteiger partial charge in [-0.25, -0.2) is 0 Å². The number of unbranched alkanes of at least 4 members (excludes halogenated alkanes) is 6. The minimum Gasteiger partial charge on any atom is -0.479 e. The van der Waals surface area contributed by atoms with E-state index in [2.05, 4.69) is 13.8 Å². The fraction of sp³-hybridized carbons (Fsp3) is 0.929. The third kappa shape index (κ3) is 12.5. The van der Waals surface area contributed by atoms with Crippen LogP contribution in [0.3, 0.4) is 0 Å². The van der Waals surface area contributed by atoms with Gasteiger partial charge in [-0.3, -0.25) is 0 Å². The number of hydrogen-bond donors (Lipinski definition) is 0. The maximum absolute atomic E-state index is 5.28. The van der Waals surface area contributed by atoms with Crippen LogP contribution in [0.15, 0.2) is 0 Å². The van der Waals surface area contributed by atoms with Crippen LogP contribution in [0.1, 0.15) is 72.1 Å². The Labute approximate surface area is 117 Å². The molecular formula is C14H28OS2. The van der Waals surface area contributed by atoms with Gasteiger partial charge < -0.3 is 4.74 Å². The average molecular weight is 277 g/mol. The van der Waals surface area contributed by atoms with Crippen LogP contribution < -0.4 is 0 Å². The van der Waals surface area contributed by atoms with Gasteiger partial charge in [0.2, 0.25) is 4.38 Å². The van der Waals surface area contributed by atoms with Crippen molar-refractivity contribution in [3.63, 3.8) is 0 Å². The van der Waals surface area contributed by atoms with Crippen molar-refractivity contribution in [1.29, 1.82) is 0 Å². The van der Waals surface area contributed by atoms with Gasteiger partial charge in [0.25, 0.3) is 0 Å². The molecule has 0 aromatic carbocycles. The molecule has 0 N–H and O–H groups in total. The minimum absolute atomic E-state index is 0.602. The summed E-state index contributed by atoms with van der Waals surface area (Å²) < 4.78 is 5.99. The van der Waals surface area contributed by atoms with Gasteiger partial charge in [-0.2, -0.15) is 0 Å². The van der Waals surface area contributed by atoms with Gasteiger partial charge in [0.15, 0.2) is 0 Å². The molecule has 1 unspecified atom stereocenters. The molecule has 1 nitrogen and oxygen atoms in total. The third-order valence-electron chi connectivity index (χ3n) is 2.77. The molecule has 0 bridgehead atoms. The third-order valence-corrected chi connectivity index (χ3v) is 4.13. The Balaban J connectivity index is 3.27. The Bertz CT molecular complexity index is 183. The minimum atomic E-state index is 0.602. The Morgan fingerprint density at radius 3 is 2.24 bits per heavy atom. The predicted octanol–water partition coefficient (Wildman–Crippen LogP) is 5.57. The highest BCUT2D eigenvalue weighted by Crippen LogP contribution is 2.20. The van der Waals surface area contributed by atoms with Gasteiger partial charge in [-0.15, -0.1) is 0 Å². The van der Waals surface area contributed by atoms with Crippen molar-refractivity contribution in [3.05, 3.63) is 0 Å². The van der Waals surface area contributed by atoms with Crippen LogP contribution in [0.4, 0.5) is 0 Å². The SMILES string of the molecule is CCCCCCCCCC(C)SC(=S)OCC. The Hall–Kier alpha value is 0.240. The molecule has 0 rings (SSSR count). The fourth-order valence-corrected chi connectivity index (χ4v) is 3.17. The number of thioether (sulfide) groups is 1. The lowest BCUT2D eigenvalue weighted by Crippen LogP contribution is -2.04. The van der Waals surface area contributed by atoms with Gasteiger partial charge in [0.1, 0.15) is 0 Å². The van der Waals surface area contributed by atoms with Crippen LogP contribution in [0.5, 0.6) is 0 Å². The van der Waals surface area contributed by atoms with Gasteiger partial charge in [-0.1, -0.05) is 70.6 Å². The average Bonchev–Trinajstić information content (AvgIpc) is 2.28. The molecule has 0 heterocycles. The molecule has 17 heavy (non-hydrogen) atoms. The normalized spacial score (nSPS) is 12.4. The number of thiocarbonyl (C=S) groups is 1. The summed E-state index contributed by atoms with van der Waals surface area (Å²) in [5.74, 6) is 0. The van der Waals surface area contributed by atoms with E-state index in [1.54, 1.807) is 11.8 Å². The Morgan fingerprint density at radius 1 is 1.06 bits per heavy atom. The second-order valence-corrected chi connectivity index (χ2v) is 6.56. The van der Waals surface area contributed by atoms with Crippen LogP contribution in [0.25, 0.3) is 0 Å². The monoisotopic (exact) mass is 276 g/mol. The topological polar surface area (TPSA) is 9.23 Å². The second kappa shape index (κ2) is 12.7. The van der Waals surface area contributed by atoms with Gasteiger partial charge in [-0.05, 0) is 25.6 Å². The summed E-state index contributed by atoms with van der Waals surface area (Å²) in [5, 5.41) is 0.602. The van der Waals surface area contributed by atoms with Crippen molar-refractivity contribution < 1.29 is 4.74 Å². The number of ether oxygens (including phenoxy) is 1. The Kier molecular flexibility index (Phi) is 12.9. The number of rotatable bonds is 10. The van der Waals surface area contributed by atoms with Crippen molar-refractivity contribution in [2.45, 2.75) is 77.4 Å². The van der Waals surface area contributed by atoms with Crippen LogP contribution in [0, 0.1) is 0 Å². The molecule has 0 aliphatic carbocycles. The molecule has 3 heteroatoms.